The van der Waals surface area contributed by atoms with E-state index in [0.717, 1.165) is 116 Å². The van der Waals surface area contributed by atoms with E-state index in [1.54, 1.807) is 0 Å². The molecule has 6 atom stereocenters. The highest BCUT2D eigenvalue weighted by atomic mass is 31.2. The summed E-state index contributed by atoms with van der Waals surface area (Å²) in [5, 5.41) is 50.2. The van der Waals surface area contributed by atoms with E-state index < -0.39 is 75.7 Å². The summed E-state index contributed by atoms with van der Waals surface area (Å²) < 4.78 is 33.6. The molecule has 1 fully saturated rings. The van der Waals surface area contributed by atoms with Crippen molar-refractivity contribution in [3.8, 4) is 0 Å². The zero-order valence-electron chi connectivity index (χ0n) is 39.3. The summed E-state index contributed by atoms with van der Waals surface area (Å²) in [5.74, 6) is -1.12. The summed E-state index contributed by atoms with van der Waals surface area (Å²) in [5.41, 5.74) is 0. The number of allylic oxidation sites excluding steroid dienone is 10. The van der Waals surface area contributed by atoms with E-state index in [2.05, 4.69) is 74.6 Å². The highest BCUT2D eigenvalue weighted by molar-refractivity contribution is 7.47. The number of hydrogen-bond donors (Lipinski definition) is 6. The van der Waals surface area contributed by atoms with Crippen LogP contribution in [0.1, 0.15) is 187 Å². The van der Waals surface area contributed by atoms with Crippen LogP contribution in [0.5, 0.6) is 0 Å². The van der Waals surface area contributed by atoms with E-state index in [1.807, 2.05) is 0 Å². The number of phosphoric acid groups is 1. The fourth-order valence-corrected chi connectivity index (χ4v) is 8.13. The van der Waals surface area contributed by atoms with Crippen molar-refractivity contribution < 1.29 is 63.1 Å². The van der Waals surface area contributed by atoms with Crippen LogP contribution in [-0.4, -0.2) is 98.3 Å². The molecule has 0 saturated heterocycles. The summed E-state index contributed by atoms with van der Waals surface area (Å²) in [7, 11) is -5.13. The Balaban J connectivity index is 2.44. The molecule has 0 aromatic heterocycles. The molecule has 1 aliphatic rings. The van der Waals surface area contributed by atoms with Crippen LogP contribution >= 0.6 is 7.82 Å². The van der Waals surface area contributed by atoms with Gasteiger partial charge in [-0.15, -0.1) is 0 Å². The molecule has 0 aromatic rings. The zero-order chi connectivity index (χ0) is 47.1. The lowest BCUT2D eigenvalue weighted by atomic mass is 9.85. The van der Waals surface area contributed by atoms with Crippen molar-refractivity contribution in [2.45, 2.75) is 230 Å². The van der Waals surface area contributed by atoms with Crippen molar-refractivity contribution in [3.05, 3.63) is 60.8 Å². The summed E-state index contributed by atoms with van der Waals surface area (Å²) in [6, 6.07) is 0. The van der Waals surface area contributed by atoms with Gasteiger partial charge in [-0.05, 0) is 77.0 Å². The van der Waals surface area contributed by atoms with Crippen molar-refractivity contribution in [2.75, 3.05) is 13.2 Å². The normalized spacial score (nSPS) is 22.1. The van der Waals surface area contributed by atoms with E-state index in [1.165, 1.54) is 32.1 Å². The maximum Gasteiger partial charge on any atom is 0.472 e. The molecule has 0 bridgehead atoms. The Kier molecular flexibility index (Phi) is 36.9. The second-order valence-electron chi connectivity index (χ2n) is 16.9. The quantitative estimate of drug-likeness (QED) is 0.0146. The Labute approximate surface area is 385 Å². The molecule has 14 heteroatoms. The number of hydrogen-bond acceptors (Lipinski definition) is 12. The van der Waals surface area contributed by atoms with Crippen molar-refractivity contribution in [1.82, 2.24) is 0 Å². The lowest BCUT2D eigenvalue weighted by Crippen LogP contribution is -2.64. The Morgan fingerprint density at radius 2 is 0.891 bits per heavy atom. The molecule has 6 N–H and O–H groups in total. The van der Waals surface area contributed by atoms with Crippen molar-refractivity contribution in [1.29, 1.82) is 0 Å². The Morgan fingerprint density at radius 1 is 0.500 bits per heavy atom. The first-order chi connectivity index (χ1) is 30.9. The van der Waals surface area contributed by atoms with Gasteiger partial charge in [0.25, 0.3) is 0 Å². The molecule has 0 amide bonds. The average Bonchev–Trinajstić information content (AvgIpc) is 3.28. The minimum absolute atomic E-state index is 0.0814. The van der Waals surface area contributed by atoms with Crippen LogP contribution in [0, 0.1) is 0 Å². The van der Waals surface area contributed by atoms with Gasteiger partial charge in [-0.1, -0.05) is 158 Å². The maximum absolute atomic E-state index is 12.8. The fraction of sp³-hybridized carbons (Fsp3) is 0.760. The van der Waals surface area contributed by atoms with Gasteiger partial charge in [-0.25, -0.2) is 4.57 Å². The third-order valence-corrected chi connectivity index (χ3v) is 12.1. The lowest BCUT2D eigenvalue weighted by Gasteiger charge is -2.41. The topological polar surface area (TPSA) is 210 Å². The van der Waals surface area contributed by atoms with Gasteiger partial charge in [0, 0.05) is 12.8 Å². The Bertz CT molecular complexity index is 1350. The molecule has 0 aliphatic heterocycles. The van der Waals surface area contributed by atoms with E-state index >= 15 is 0 Å². The van der Waals surface area contributed by atoms with Crippen molar-refractivity contribution >= 4 is 19.8 Å². The standard InChI is InChI=1S/C50H87O13P/c1-3-5-7-9-11-13-15-17-19-21-23-24-26-28-30-32-34-36-38-43(51)60-40-42(41-61-64(58,59)63-50-48(56)46(54)45(53)47(55)49(50)57)62-44(52)39-37-35-33-31-29-27-25-22-20-18-16-14-12-10-8-6-4-2/h6,8,12-15,18-21,42,45-50,53-57H,3-5,7,9-11,16-17,22-41H2,1-2H3,(H,58,59)/b8-6-,14-12-,15-13-,20-18-,21-19-. The lowest BCUT2D eigenvalue weighted by molar-refractivity contribution is -0.220. The van der Waals surface area contributed by atoms with Crippen LogP contribution < -0.4 is 0 Å². The molecule has 1 saturated carbocycles. The number of carbonyl (C=O) groups excluding carboxylic acids is 2. The molecule has 0 radical (unpaired) electrons. The molecule has 1 rings (SSSR count). The SMILES string of the molecule is CC/C=C\C/C=C\C/C=C\CCCCCCCCCC(=O)OC(COC(=O)CCCCCCCCC/C=C\C/C=C\CCCCCC)COP(=O)(O)OC1C(O)C(O)C(O)C(O)C1O. The monoisotopic (exact) mass is 927 g/mol. The summed E-state index contributed by atoms with van der Waals surface area (Å²) >= 11 is 0. The number of carbonyl (C=O) groups is 2. The molecular weight excluding hydrogens is 840 g/mol. The largest absolute Gasteiger partial charge is 0.472 e. The number of rotatable bonds is 40. The number of phosphoric ester groups is 1. The molecule has 0 aromatic carbocycles. The van der Waals surface area contributed by atoms with Crippen LogP contribution in [0.15, 0.2) is 60.8 Å². The van der Waals surface area contributed by atoms with Crippen LogP contribution in [-0.2, 0) is 32.7 Å². The predicted octanol–water partition coefficient (Wildman–Crippen LogP) is 10.1. The summed E-state index contributed by atoms with van der Waals surface area (Å²) in [6.07, 6.45) is 35.5. The average molecular weight is 927 g/mol. The first-order valence-electron chi connectivity index (χ1n) is 24.6. The predicted molar refractivity (Wildman–Crippen MR) is 253 cm³/mol. The number of unbranched alkanes of at least 4 members (excludes halogenated alkanes) is 18. The van der Waals surface area contributed by atoms with Gasteiger partial charge >= 0.3 is 19.8 Å². The van der Waals surface area contributed by atoms with Gasteiger partial charge in [0.15, 0.2) is 6.10 Å². The second kappa shape index (κ2) is 39.7. The van der Waals surface area contributed by atoms with Gasteiger partial charge in [-0.3, -0.25) is 18.6 Å². The maximum atomic E-state index is 12.8. The van der Waals surface area contributed by atoms with Gasteiger partial charge in [-0.2, -0.15) is 0 Å². The number of ether oxygens (including phenoxy) is 2. The molecule has 13 nitrogen and oxygen atoms in total. The van der Waals surface area contributed by atoms with E-state index in [9.17, 15) is 44.6 Å². The Hall–Kier alpha value is -2.45. The summed E-state index contributed by atoms with van der Waals surface area (Å²) in [4.78, 5) is 35.8. The second-order valence-corrected chi connectivity index (χ2v) is 18.3. The summed E-state index contributed by atoms with van der Waals surface area (Å²) in [6.45, 7) is 3.17. The van der Waals surface area contributed by atoms with E-state index in [0.29, 0.717) is 12.8 Å². The number of aliphatic hydroxyl groups is 5. The minimum Gasteiger partial charge on any atom is -0.462 e. The zero-order valence-corrected chi connectivity index (χ0v) is 40.2. The van der Waals surface area contributed by atoms with Crippen molar-refractivity contribution in [3.63, 3.8) is 0 Å². The van der Waals surface area contributed by atoms with Gasteiger partial charge in [0.1, 0.15) is 43.2 Å². The third-order valence-electron chi connectivity index (χ3n) is 11.1. The first-order valence-corrected chi connectivity index (χ1v) is 26.1. The number of esters is 2. The Morgan fingerprint density at radius 3 is 1.36 bits per heavy atom. The van der Waals surface area contributed by atoms with Crippen LogP contribution in [0.25, 0.3) is 0 Å². The molecular formula is C50H87O13P. The number of aliphatic hydroxyl groups excluding tert-OH is 5. The fourth-order valence-electron chi connectivity index (χ4n) is 7.16. The first kappa shape index (κ1) is 59.6. The molecule has 6 unspecified atom stereocenters. The van der Waals surface area contributed by atoms with Crippen molar-refractivity contribution in [2.24, 2.45) is 0 Å². The molecule has 0 heterocycles. The molecule has 0 spiro atoms. The minimum atomic E-state index is -5.13. The molecule has 1 aliphatic carbocycles. The van der Waals surface area contributed by atoms with E-state index in [-0.39, 0.29) is 12.8 Å². The van der Waals surface area contributed by atoms with Crippen LogP contribution in [0.4, 0.5) is 0 Å². The van der Waals surface area contributed by atoms with Crippen LogP contribution in [0.3, 0.4) is 0 Å². The van der Waals surface area contributed by atoms with Crippen LogP contribution in [0.2, 0.25) is 0 Å². The van der Waals surface area contributed by atoms with Gasteiger partial charge < -0.3 is 39.9 Å². The van der Waals surface area contributed by atoms with E-state index in [4.69, 9.17) is 18.5 Å². The smallest absolute Gasteiger partial charge is 0.462 e. The third kappa shape index (κ3) is 31.5. The molecule has 370 valence electrons. The van der Waals surface area contributed by atoms with Gasteiger partial charge in [0.05, 0.1) is 6.61 Å². The highest BCUT2D eigenvalue weighted by Crippen LogP contribution is 2.47. The highest BCUT2D eigenvalue weighted by Gasteiger charge is 2.51. The van der Waals surface area contributed by atoms with Gasteiger partial charge in [0.2, 0.25) is 0 Å². The molecule has 64 heavy (non-hydrogen) atoms.